The van der Waals surface area contributed by atoms with Gasteiger partial charge in [-0.3, -0.25) is 4.79 Å². The lowest BCUT2D eigenvalue weighted by Crippen LogP contribution is -2.21. The number of rotatable bonds is 15. The zero-order chi connectivity index (χ0) is 18.2. The highest BCUT2D eigenvalue weighted by molar-refractivity contribution is 6.43. The summed E-state index contributed by atoms with van der Waals surface area (Å²) in [5.41, 5.74) is 0. The molecule has 1 atom stereocenters. The van der Waals surface area contributed by atoms with Gasteiger partial charge < -0.3 is 14.0 Å². The smallest absolute Gasteiger partial charge is 0.454 e. The minimum absolute atomic E-state index is 0.0985. The van der Waals surface area contributed by atoms with Gasteiger partial charge in [-0.1, -0.05) is 57.6 Å². The summed E-state index contributed by atoms with van der Waals surface area (Å²) >= 11 is 0. The summed E-state index contributed by atoms with van der Waals surface area (Å²) in [4.78, 5) is 11.7. The van der Waals surface area contributed by atoms with E-state index in [0.717, 1.165) is 12.8 Å². The van der Waals surface area contributed by atoms with Gasteiger partial charge in [0.25, 0.3) is 0 Å². The Labute approximate surface area is 154 Å². The molecule has 0 aromatic carbocycles. The fourth-order valence-corrected chi connectivity index (χ4v) is 2.92. The molecule has 0 aromatic heterocycles. The number of allylic oxidation sites excluding steroid dienone is 2. The summed E-state index contributed by atoms with van der Waals surface area (Å²) in [5.74, 6) is -0.117. The van der Waals surface area contributed by atoms with E-state index in [9.17, 15) is 4.79 Å². The second-order valence-corrected chi connectivity index (χ2v) is 6.97. The van der Waals surface area contributed by atoms with Crippen LogP contribution in [0.4, 0.5) is 0 Å². The van der Waals surface area contributed by atoms with Gasteiger partial charge in [0.15, 0.2) is 0 Å². The van der Waals surface area contributed by atoms with Gasteiger partial charge in [0.1, 0.15) is 6.61 Å². The molecule has 1 aliphatic rings. The average molecular weight is 352 g/mol. The predicted molar refractivity (Wildman–Crippen MR) is 104 cm³/mol. The maximum Gasteiger partial charge on any atom is 0.454 e. The SMILES string of the molecule is CCCCCC/C=C\CCCCCCCC(=O)OCC1COB(C)O1. The molecule has 144 valence electrons. The zero-order valence-electron chi connectivity index (χ0n) is 16.3. The van der Waals surface area contributed by atoms with Crippen molar-refractivity contribution in [3.63, 3.8) is 0 Å². The topological polar surface area (TPSA) is 44.8 Å². The van der Waals surface area contributed by atoms with E-state index in [0.29, 0.717) is 19.6 Å². The molecule has 0 aromatic rings. The Kier molecular flexibility index (Phi) is 13.7. The zero-order valence-corrected chi connectivity index (χ0v) is 16.3. The average Bonchev–Trinajstić information content (AvgIpc) is 3.02. The van der Waals surface area contributed by atoms with Crippen molar-refractivity contribution in [2.24, 2.45) is 0 Å². The van der Waals surface area contributed by atoms with Crippen molar-refractivity contribution in [2.45, 2.75) is 96.9 Å². The second kappa shape index (κ2) is 15.4. The van der Waals surface area contributed by atoms with Crippen LogP contribution in [-0.2, 0) is 18.8 Å². The summed E-state index contributed by atoms with van der Waals surface area (Å²) in [6, 6.07) is 0. The molecule has 5 heteroatoms. The van der Waals surface area contributed by atoms with Crippen molar-refractivity contribution in [1.29, 1.82) is 0 Å². The van der Waals surface area contributed by atoms with Gasteiger partial charge in [0.2, 0.25) is 0 Å². The van der Waals surface area contributed by atoms with E-state index in [4.69, 9.17) is 14.0 Å². The summed E-state index contributed by atoms with van der Waals surface area (Å²) in [6.45, 7) is 4.93. The molecule has 0 amide bonds. The Morgan fingerprint density at radius 1 is 1.04 bits per heavy atom. The lowest BCUT2D eigenvalue weighted by molar-refractivity contribution is -0.146. The van der Waals surface area contributed by atoms with E-state index in [1.165, 1.54) is 57.8 Å². The highest BCUT2D eigenvalue weighted by Gasteiger charge is 2.27. The van der Waals surface area contributed by atoms with Gasteiger partial charge in [-0.25, -0.2) is 0 Å². The third kappa shape index (κ3) is 13.1. The lowest BCUT2D eigenvalue weighted by Gasteiger charge is -2.09. The number of unbranched alkanes of at least 4 members (excludes halogenated alkanes) is 9. The van der Waals surface area contributed by atoms with Crippen LogP contribution in [0.15, 0.2) is 12.2 Å². The van der Waals surface area contributed by atoms with E-state index in [1.54, 1.807) is 0 Å². The van der Waals surface area contributed by atoms with Crippen LogP contribution in [-0.4, -0.2) is 32.4 Å². The van der Waals surface area contributed by atoms with Crippen LogP contribution < -0.4 is 0 Å². The van der Waals surface area contributed by atoms with Gasteiger partial charge in [0, 0.05) is 6.42 Å². The first-order valence-corrected chi connectivity index (χ1v) is 10.3. The number of hydrogen-bond acceptors (Lipinski definition) is 4. The molecule has 1 aliphatic heterocycles. The number of hydrogen-bond donors (Lipinski definition) is 0. The van der Waals surface area contributed by atoms with Crippen LogP contribution in [0.5, 0.6) is 0 Å². The van der Waals surface area contributed by atoms with E-state index in [1.807, 2.05) is 6.82 Å². The quantitative estimate of drug-likeness (QED) is 0.173. The number of ether oxygens (including phenoxy) is 1. The van der Waals surface area contributed by atoms with Crippen molar-refractivity contribution in [1.82, 2.24) is 0 Å². The molecule has 1 unspecified atom stereocenters. The maximum atomic E-state index is 11.7. The highest BCUT2D eigenvalue weighted by atomic mass is 16.7. The molecule has 0 saturated carbocycles. The summed E-state index contributed by atoms with van der Waals surface area (Å²) in [7, 11) is -0.181. The monoisotopic (exact) mass is 352 g/mol. The second-order valence-electron chi connectivity index (χ2n) is 6.97. The number of esters is 1. The predicted octanol–water partition coefficient (Wildman–Crippen LogP) is 5.32. The Bertz CT molecular complexity index is 360. The Hall–Kier alpha value is -0.805. The van der Waals surface area contributed by atoms with Crippen molar-refractivity contribution >= 4 is 13.1 Å². The molecule has 0 aliphatic carbocycles. The summed E-state index contributed by atoms with van der Waals surface area (Å²) in [5, 5.41) is 0. The minimum Gasteiger partial charge on any atom is -0.463 e. The molecule has 4 nitrogen and oxygen atoms in total. The van der Waals surface area contributed by atoms with E-state index in [-0.39, 0.29) is 19.2 Å². The molecule has 0 N–H and O–H groups in total. The molecule has 1 saturated heterocycles. The number of carbonyl (C=O) groups is 1. The first kappa shape index (κ1) is 22.2. The molecule has 1 fully saturated rings. The molecule has 1 heterocycles. The van der Waals surface area contributed by atoms with Crippen molar-refractivity contribution < 1.29 is 18.8 Å². The first-order chi connectivity index (χ1) is 12.2. The fourth-order valence-electron chi connectivity index (χ4n) is 2.92. The lowest BCUT2D eigenvalue weighted by atomic mass is 9.97. The molecular weight excluding hydrogens is 315 g/mol. The summed E-state index contributed by atoms with van der Waals surface area (Å²) in [6.07, 6.45) is 18.6. The van der Waals surface area contributed by atoms with Gasteiger partial charge in [0.05, 0.1) is 12.7 Å². The van der Waals surface area contributed by atoms with Gasteiger partial charge in [-0.15, -0.1) is 0 Å². The summed E-state index contributed by atoms with van der Waals surface area (Å²) < 4.78 is 15.9. The van der Waals surface area contributed by atoms with Crippen LogP contribution in [0.1, 0.15) is 84.0 Å². The third-order valence-corrected chi connectivity index (χ3v) is 4.47. The maximum absolute atomic E-state index is 11.7. The van der Waals surface area contributed by atoms with Crippen molar-refractivity contribution in [2.75, 3.05) is 13.2 Å². The van der Waals surface area contributed by atoms with Crippen LogP contribution in [0.3, 0.4) is 0 Å². The molecule has 1 rings (SSSR count). The normalized spacial score (nSPS) is 17.5. The molecule has 0 bridgehead atoms. The molecular formula is C20H37BO4. The van der Waals surface area contributed by atoms with Crippen LogP contribution >= 0.6 is 0 Å². The highest BCUT2D eigenvalue weighted by Crippen LogP contribution is 2.11. The van der Waals surface area contributed by atoms with Crippen molar-refractivity contribution in [3.8, 4) is 0 Å². The largest absolute Gasteiger partial charge is 0.463 e. The van der Waals surface area contributed by atoms with Crippen LogP contribution in [0.2, 0.25) is 6.82 Å². The minimum atomic E-state index is -0.181. The standard InChI is InChI=1S/C20H37BO4/c1-3-4-5-6-7-8-9-10-11-12-13-14-15-16-20(22)23-17-19-18-24-21(2)25-19/h8-9,19H,3-7,10-18H2,1-2H3/b9-8-. The van der Waals surface area contributed by atoms with Gasteiger partial charge in [-0.2, -0.15) is 0 Å². The van der Waals surface area contributed by atoms with Gasteiger partial charge >= 0.3 is 13.1 Å². The molecule has 25 heavy (non-hydrogen) atoms. The molecule has 0 radical (unpaired) electrons. The van der Waals surface area contributed by atoms with Crippen LogP contribution in [0, 0.1) is 0 Å². The fraction of sp³-hybridized carbons (Fsp3) is 0.850. The Morgan fingerprint density at radius 3 is 2.32 bits per heavy atom. The Morgan fingerprint density at radius 2 is 1.68 bits per heavy atom. The van der Waals surface area contributed by atoms with E-state index >= 15 is 0 Å². The number of carbonyl (C=O) groups excluding carboxylic acids is 1. The third-order valence-electron chi connectivity index (χ3n) is 4.47. The van der Waals surface area contributed by atoms with E-state index in [2.05, 4.69) is 19.1 Å². The van der Waals surface area contributed by atoms with Crippen molar-refractivity contribution in [3.05, 3.63) is 12.2 Å². The van der Waals surface area contributed by atoms with Gasteiger partial charge in [-0.05, 0) is 38.9 Å². The first-order valence-electron chi connectivity index (χ1n) is 10.3. The Balaban J connectivity index is 1.80. The van der Waals surface area contributed by atoms with Crippen LogP contribution in [0.25, 0.3) is 0 Å². The van der Waals surface area contributed by atoms with E-state index < -0.39 is 0 Å². The molecule has 0 spiro atoms.